The van der Waals surface area contributed by atoms with Crippen LogP contribution in [0.4, 0.5) is 0 Å². The lowest BCUT2D eigenvalue weighted by Crippen LogP contribution is -2.39. The normalized spacial score (nSPS) is 18.7. The number of hydrogen-bond acceptors (Lipinski definition) is 3. The summed E-state index contributed by atoms with van der Waals surface area (Å²) in [6, 6.07) is 10.5. The molecule has 1 aromatic carbocycles. The van der Waals surface area contributed by atoms with Crippen molar-refractivity contribution in [2.24, 2.45) is 0 Å². The zero-order valence-corrected chi connectivity index (χ0v) is 13.9. The van der Waals surface area contributed by atoms with E-state index in [0.717, 1.165) is 19.4 Å². The van der Waals surface area contributed by atoms with Crippen LogP contribution < -0.4 is 0 Å². The first kappa shape index (κ1) is 16.4. The van der Waals surface area contributed by atoms with E-state index in [1.165, 1.54) is 24.7 Å². The average molecular weight is 324 g/mol. The van der Waals surface area contributed by atoms with Gasteiger partial charge in [0.05, 0.1) is 12.6 Å². The highest BCUT2D eigenvalue weighted by molar-refractivity contribution is 5.77. The second-order valence-corrected chi connectivity index (χ2v) is 6.18. The molecule has 2 aromatic rings. The van der Waals surface area contributed by atoms with Gasteiger partial charge in [0.2, 0.25) is 5.91 Å². The Labute approximate surface area is 143 Å². The Morgan fingerprint density at radius 1 is 1.21 bits per heavy atom. The van der Waals surface area contributed by atoms with Crippen LogP contribution in [0, 0.1) is 0 Å². The van der Waals surface area contributed by atoms with E-state index in [-0.39, 0.29) is 11.9 Å². The molecule has 126 valence electrons. The monoisotopic (exact) mass is 324 g/mol. The predicted octanol–water partition coefficient (Wildman–Crippen LogP) is 3.15. The van der Waals surface area contributed by atoms with Crippen LogP contribution in [0.3, 0.4) is 0 Å². The number of hydrogen-bond donors (Lipinski definition) is 0. The number of aryl methyl sites for hydroxylation is 1. The Morgan fingerprint density at radius 2 is 2.08 bits per heavy atom. The third-order valence-corrected chi connectivity index (χ3v) is 4.45. The predicted molar refractivity (Wildman–Crippen MR) is 94.1 cm³/mol. The fourth-order valence-electron chi connectivity index (χ4n) is 3.13. The molecule has 24 heavy (non-hydrogen) atoms. The van der Waals surface area contributed by atoms with Gasteiger partial charge in [-0.3, -0.25) is 9.48 Å². The van der Waals surface area contributed by atoms with E-state index < -0.39 is 0 Å². The Bertz CT molecular complexity index is 651. The molecule has 0 saturated carbocycles. The van der Waals surface area contributed by atoms with E-state index in [0.29, 0.717) is 13.0 Å². The van der Waals surface area contributed by atoms with Gasteiger partial charge in [-0.05, 0) is 18.4 Å². The van der Waals surface area contributed by atoms with Crippen molar-refractivity contribution < 1.29 is 4.79 Å². The van der Waals surface area contributed by atoms with Crippen molar-refractivity contribution in [2.75, 3.05) is 6.54 Å². The number of benzene rings is 1. The van der Waals surface area contributed by atoms with E-state index in [4.69, 9.17) is 0 Å². The van der Waals surface area contributed by atoms with Gasteiger partial charge < -0.3 is 4.90 Å². The van der Waals surface area contributed by atoms with Gasteiger partial charge in [0.1, 0.15) is 12.7 Å². The SMILES string of the molecule is O=C(CCn1cncn1)N1CCCCC[C@@H]1/C=C/c1ccccc1. The van der Waals surface area contributed by atoms with Gasteiger partial charge in [-0.15, -0.1) is 0 Å². The van der Waals surface area contributed by atoms with Crippen LogP contribution in [-0.2, 0) is 11.3 Å². The van der Waals surface area contributed by atoms with Crippen molar-refractivity contribution in [3.63, 3.8) is 0 Å². The molecular formula is C19H24N4O. The summed E-state index contributed by atoms with van der Waals surface area (Å²) in [5.41, 5.74) is 1.18. The number of aromatic nitrogens is 3. The summed E-state index contributed by atoms with van der Waals surface area (Å²) >= 11 is 0. The van der Waals surface area contributed by atoms with E-state index >= 15 is 0 Å². The van der Waals surface area contributed by atoms with Crippen LogP contribution in [0.25, 0.3) is 6.08 Å². The minimum Gasteiger partial charge on any atom is -0.336 e. The van der Waals surface area contributed by atoms with E-state index in [1.54, 1.807) is 11.0 Å². The van der Waals surface area contributed by atoms with Crippen molar-refractivity contribution in [3.05, 3.63) is 54.6 Å². The lowest BCUT2D eigenvalue weighted by Gasteiger charge is -2.28. The van der Waals surface area contributed by atoms with Crippen LogP contribution in [-0.4, -0.2) is 38.2 Å². The van der Waals surface area contributed by atoms with E-state index in [2.05, 4.69) is 34.4 Å². The molecule has 5 nitrogen and oxygen atoms in total. The third-order valence-electron chi connectivity index (χ3n) is 4.45. The van der Waals surface area contributed by atoms with Crippen LogP contribution in [0.15, 0.2) is 49.1 Å². The van der Waals surface area contributed by atoms with Crippen LogP contribution in [0.5, 0.6) is 0 Å². The molecule has 2 heterocycles. The molecule has 0 N–H and O–H groups in total. The number of rotatable bonds is 5. The topological polar surface area (TPSA) is 51.0 Å². The summed E-state index contributed by atoms with van der Waals surface area (Å²) in [4.78, 5) is 18.7. The Kier molecular flexibility index (Phi) is 5.77. The highest BCUT2D eigenvalue weighted by atomic mass is 16.2. The molecule has 1 fully saturated rings. The standard InChI is InChI=1S/C19H24N4O/c24-19(12-14-22-16-20-15-21-22)23-13-6-2-5-9-18(23)11-10-17-7-3-1-4-8-17/h1,3-4,7-8,10-11,15-16,18H,2,5-6,9,12-14H2/b11-10+/t18-/m1/s1. The molecule has 1 aliphatic rings. The molecular weight excluding hydrogens is 300 g/mol. The summed E-state index contributed by atoms with van der Waals surface area (Å²) < 4.78 is 1.71. The molecule has 1 aliphatic heterocycles. The summed E-state index contributed by atoms with van der Waals surface area (Å²) in [5.74, 6) is 0.204. The highest BCUT2D eigenvalue weighted by Crippen LogP contribution is 2.20. The van der Waals surface area contributed by atoms with Crippen LogP contribution >= 0.6 is 0 Å². The molecule has 1 saturated heterocycles. The molecule has 1 atom stereocenters. The second-order valence-electron chi connectivity index (χ2n) is 6.18. The van der Waals surface area contributed by atoms with Gasteiger partial charge in [0.15, 0.2) is 0 Å². The van der Waals surface area contributed by atoms with Crippen LogP contribution in [0.1, 0.15) is 37.7 Å². The van der Waals surface area contributed by atoms with Gasteiger partial charge in [-0.1, -0.05) is 55.3 Å². The largest absolute Gasteiger partial charge is 0.336 e. The number of nitrogens with zero attached hydrogens (tertiary/aromatic N) is 4. The summed E-state index contributed by atoms with van der Waals surface area (Å²) in [6.07, 6.45) is 12.5. The van der Waals surface area contributed by atoms with Crippen molar-refractivity contribution >= 4 is 12.0 Å². The molecule has 1 aromatic heterocycles. The number of likely N-dealkylation sites (tertiary alicyclic amines) is 1. The van der Waals surface area contributed by atoms with Crippen molar-refractivity contribution in [1.82, 2.24) is 19.7 Å². The summed E-state index contributed by atoms with van der Waals surface area (Å²) in [5, 5.41) is 4.07. The zero-order valence-electron chi connectivity index (χ0n) is 13.9. The first-order valence-electron chi connectivity index (χ1n) is 8.68. The number of amides is 1. The molecule has 5 heteroatoms. The van der Waals surface area contributed by atoms with Crippen molar-refractivity contribution in [2.45, 2.75) is 44.7 Å². The smallest absolute Gasteiger partial charge is 0.224 e. The van der Waals surface area contributed by atoms with Gasteiger partial charge in [-0.25, -0.2) is 4.98 Å². The molecule has 0 unspecified atom stereocenters. The Hall–Kier alpha value is -2.43. The average Bonchev–Trinajstić information content (AvgIpc) is 3.03. The first-order valence-corrected chi connectivity index (χ1v) is 8.68. The fraction of sp³-hybridized carbons (Fsp3) is 0.421. The molecule has 0 aliphatic carbocycles. The van der Waals surface area contributed by atoms with E-state index in [9.17, 15) is 4.79 Å². The quantitative estimate of drug-likeness (QED) is 0.849. The minimum atomic E-state index is 0.191. The van der Waals surface area contributed by atoms with Crippen LogP contribution in [0.2, 0.25) is 0 Å². The summed E-state index contributed by atoms with van der Waals surface area (Å²) in [7, 11) is 0. The highest BCUT2D eigenvalue weighted by Gasteiger charge is 2.23. The first-order chi connectivity index (χ1) is 11.8. The number of carbonyl (C=O) groups excluding carboxylic acids is 1. The van der Waals surface area contributed by atoms with Crippen molar-refractivity contribution in [1.29, 1.82) is 0 Å². The maximum atomic E-state index is 12.7. The molecule has 0 bridgehead atoms. The zero-order chi connectivity index (χ0) is 16.6. The van der Waals surface area contributed by atoms with Gasteiger partial charge >= 0.3 is 0 Å². The number of carbonyl (C=O) groups is 1. The Balaban J connectivity index is 1.65. The second kappa shape index (κ2) is 8.43. The van der Waals surface area contributed by atoms with Gasteiger partial charge in [0.25, 0.3) is 0 Å². The molecule has 0 spiro atoms. The van der Waals surface area contributed by atoms with Crippen molar-refractivity contribution in [3.8, 4) is 0 Å². The Morgan fingerprint density at radius 3 is 2.88 bits per heavy atom. The fourth-order valence-corrected chi connectivity index (χ4v) is 3.13. The summed E-state index contributed by atoms with van der Waals surface area (Å²) in [6.45, 7) is 1.43. The van der Waals surface area contributed by atoms with Gasteiger partial charge in [0, 0.05) is 13.0 Å². The molecule has 1 amide bonds. The molecule has 0 radical (unpaired) electrons. The lowest BCUT2D eigenvalue weighted by atomic mass is 10.1. The van der Waals surface area contributed by atoms with E-state index in [1.807, 2.05) is 23.1 Å². The molecule has 3 rings (SSSR count). The maximum Gasteiger partial charge on any atom is 0.224 e. The minimum absolute atomic E-state index is 0.191. The maximum absolute atomic E-state index is 12.7. The third kappa shape index (κ3) is 4.54. The van der Waals surface area contributed by atoms with Gasteiger partial charge in [-0.2, -0.15) is 5.10 Å². The lowest BCUT2D eigenvalue weighted by molar-refractivity contribution is -0.132.